The van der Waals surface area contributed by atoms with Gasteiger partial charge in [0.05, 0.1) is 31.6 Å². The maximum Gasteiger partial charge on any atom is 0.410 e. The highest BCUT2D eigenvalue weighted by atomic mass is 16.5. The number of H-pyrrole nitrogens is 1. The van der Waals surface area contributed by atoms with Crippen molar-refractivity contribution in [3.63, 3.8) is 0 Å². The molecule has 0 radical (unpaired) electrons. The van der Waals surface area contributed by atoms with Crippen molar-refractivity contribution in [3.8, 4) is 5.75 Å². The van der Waals surface area contributed by atoms with Gasteiger partial charge in [-0.05, 0) is 66.4 Å². The van der Waals surface area contributed by atoms with Gasteiger partial charge in [-0.15, -0.1) is 0 Å². The van der Waals surface area contributed by atoms with E-state index in [1.54, 1.807) is 4.90 Å². The largest absolute Gasteiger partial charge is 0.508 e. The number of carbonyl (C=O) groups excluding carboxylic acids is 1. The van der Waals surface area contributed by atoms with Crippen LogP contribution in [0, 0.1) is 5.92 Å². The predicted octanol–water partition coefficient (Wildman–Crippen LogP) is 3.24. The van der Waals surface area contributed by atoms with Crippen LogP contribution in [0.25, 0.3) is 5.57 Å². The highest BCUT2D eigenvalue weighted by Gasteiger charge is 2.42. The van der Waals surface area contributed by atoms with Gasteiger partial charge in [0, 0.05) is 12.6 Å². The van der Waals surface area contributed by atoms with Crippen molar-refractivity contribution in [2.45, 2.75) is 50.6 Å². The molecule has 1 amide bonds. The molecular weight excluding hydrogens is 406 g/mol. The SMILES string of the molecule is CCc1cc(O)ccc1C1CCC2C(C1)NNC2c1ncc(C2=CCN(C(=O)OC)C2)[nH]1. The molecular formula is C24H31N5O3. The molecule has 170 valence electrons. The van der Waals surface area contributed by atoms with Crippen LogP contribution in [0.4, 0.5) is 4.79 Å². The molecule has 1 saturated heterocycles. The molecule has 1 aromatic heterocycles. The van der Waals surface area contributed by atoms with Crippen molar-refractivity contribution in [1.29, 1.82) is 0 Å². The maximum atomic E-state index is 11.8. The van der Waals surface area contributed by atoms with E-state index in [-0.39, 0.29) is 12.1 Å². The second kappa shape index (κ2) is 8.60. The topological polar surface area (TPSA) is 103 Å². The summed E-state index contributed by atoms with van der Waals surface area (Å²) in [6.07, 6.45) is 7.85. The third-order valence-electron chi connectivity index (χ3n) is 7.29. The monoisotopic (exact) mass is 437 g/mol. The van der Waals surface area contributed by atoms with Crippen molar-refractivity contribution < 1.29 is 14.6 Å². The number of ether oxygens (including phenoxy) is 1. The fourth-order valence-electron chi connectivity index (χ4n) is 5.59. The number of hydrogen-bond donors (Lipinski definition) is 4. The van der Waals surface area contributed by atoms with Crippen LogP contribution in [0.5, 0.6) is 5.75 Å². The number of amides is 1. The lowest BCUT2D eigenvalue weighted by Crippen LogP contribution is -2.35. The van der Waals surface area contributed by atoms with Crippen LogP contribution < -0.4 is 10.9 Å². The standard InChI is InChI=1S/C24H31N5O3/c1-3-14-10-17(30)5-7-18(14)15-4-6-19-20(11-15)27-28-22(19)23-25-12-21(26-23)16-8-9-29(13-16)24(31)32-2/h5,7-8,10,12,15,19-20,22,27-28,30H,3-4,6,9,11,13H2,1-2H3,(H,25,26). The number of benzene rings is 1. The summed E-state index contributed by atoms with van der Waals surface area (Å²) < 4.78 is 4.82. The number of phenolic OH excluding ortho intramolecular Hbond substituents is 1. The number of rotatable bonds is 4. The van der Waals surface area contributed by atoms with Gasteiger partial charge >= 0.3 is 6.09 Å². The van der Waals surface area contributed by atoms with Crippen molar-refractivity contribution in [3.05, 3.63) is 53.1 Å². The maximum absolute atomic E-state index is 11.8. The van der Waals surface area contributed by atoms with Crippen LogP contribution in [0.1, 0.15) is 60.8 Å². The molecule has 4 unspecified atom stereocenters. The number of hydrazine groups is 1. The van der Waals surface area contributed by atoms with E-state index in [4.69, 9.17) is 4.74 Å². The molecule has 3 heterocycles. The van der Waals surface area contributed by atoms with Crippen molar-refractivity contribution in [2.24, 2.45) is 5.92 Å². The Morgan fingerprint density at radius 2 is 2.19 bits per heavy atom. The highest BCUT2D eigenvalue weighted by Crippen LogP contribution is 2.44. The molecule has 1 aromatic carbocycles. The van der Waals surface area contributed by atoms with Crippen LogP contribution in [0.15, 0.2) is 30.5 Å². The van der Waals surface area contributed by atoms with Gasteiger partial charge in [-0.1, -0.05) is 19.1 Å². The number of methoxy groups -OCH3 is 1. The fraction of sp³-hybridized carbons (Fsp3) is 0.500. The summed E-state index contributed by atoms with van der Waals surface area (Å²) >= 11 is 0. The van der Waals surface area contributed by atoms with Crippen molar-refractivity contribution in [2.75, 3.05) is 20.2 Å². The summed E-state index contributed by atoms with van der Waals surface area (Å²) in [6.45, 7) is 3.24. The van der Waals surface area contributed by atoms with E-state index < -0.39 is 0 Å². The second-order valence-corrected chi connectivity index (χ2v) is 9.05. The smallest absolute Gasteiger partial charge is 0.410 e. The lowest BCUT2D eigenvalue weighted by Gasteiger charge is -2.33. The van der Waals surface area contributed by atoms with Gasteiger partial charge in [-0.2, -0.15) is 0 Å². The number of aromatic hydroxyl groups is 1. The average Bonchev–Trinajstić information content (AvgIpc) is 3.56. The van der Waals surface area contributed by atoms with E-state index in [2.05, 4.69) is 33.8 Å². The molecule has 5 rings (SSSR count). The second-order valence-electron chi connectivity index (χ2n) is 9.05. The molecule has 32 heavy (non-hydrogen) atoms. The quantitative estimate of drug-likeness (QED) is 0.586. The molecule has 2 aliphatic heterocycles. The first-order valence-corrected chi connectivity index (χ1v) is 11.5. The molecule has 2 fully saturated rings. The number of fused-ring (bicyclic) bond motifs is 1. The van der Waals surface area contributed by atoms with Crippen LogP contribution in [0.3, 0.4) is 0 Å². The Balaban J connectivity index is 1.26. The van der Waals surface area contributed by atoms with Crippen LogP contribution in [0.2, 0.25) is 0 Å². The van der Waals surface area contributed by atoms with Crippen LogP contribution in [-0.2, 0) is 11.2 Å². The molecule has 2 aromatic rings. The fourth-order valence-corrected chi connectivity index (χ4v) is 5.59. The summed E-state index contributed by atoms with van der Waals surface area (Å²) in [5.74, 6) is 2.26. The Labute approximate surface area is 188 Å². The van der Waals surface area contributed by atoms with Gasteiger partial charge in [0.15, 0.2) is 0 Å². The minimum atomic E-state index is -0.308. The minimum absolute atomic E-state index is 0.138. The Hall–Kier alpha value is -2.84. The Kier molecular flexibility index (Phi) is 5.65. The van der Waals surface area contributed by atoms with Gasteiger partial charge in [-0.25, -0.2) is 15.2 Å². The summed E-state index contributed by atoms with van der Waals surface area (Å²) in [4.78, 5) is 21.6. The number of nitrogens with zero attached hydrogens (tertiary/aromatic N) is 2. The molecule has 1 aliphatic carbocycles. The van der Waals surface area contributed by atoms with Gasteiger partial charge in [-0.3, -0.25) is 5.43 Å². The number of hydrogen-bond acceptors (Lipinski definition) is 6. The summed E-state index contributed by atoms with van der Waals surface area (Å²) in [7, 11) is 1.41. The van der Waals surface area contributed by atoms with Gasteiger partial charge in [0.2, 0.25) is 0 Å². The average molecular weight is 438 g/mol. The van der Waals surface area contributed by atoms with Gasteiger partial charge in [0.25, 0.3) is 0 Å². The zero-order chi connectivity index (χ0) is 22.2. The lowest BCUT2D eigenvalue weighted by molar-refractivity contribution is 0.135. The van der Waals surface area contributed by atoms with Crippen molar-refractivity contribution in [1.82, 2.24) is 25.7 Å². The van der Waals surface area contributed by atoms with E-state index in [1.165, 1.54) is 18.2 Å². The molecule has 3 aliphatic rings. The zero-order valence-electron chi connectivity index (χ0n) is 18.6. The first kappa shape index (κ1) is 21.0. The van der Waals surface area contributed by atoms with E-state index in [1.807, 2.05) is 24.4 Å². The van der Waals surface area contributed by atoms with E-state index in [0.717, 1.165) is 42.8 Å². The van der Waals surface area contributed by atoms with Crippen molar-refractivity contribution >= 4 is 11.7 Å². The van der Waals surface area contributed by atoms with Crippen LogP contribution >= 0.6 is 0 Å². The number of aromatic nitrogens is 2. The van der Waals surface area contributed by atoms with E-state index in [0.29, 0.717) is 36.7 Å². The molecule has 4 atom stereocenters. The first-order chi connectivity index (χ1) is 15.6. The van der Waals surface area contributed by atoms with E-state index >= 15 is 0 Å². The third-order valence-corrected chi connectivity index (χ3v) is 7.29. The number of carbonyl (C=O) groups is 1. The molecule has 1 saturated carbocycles. The highest BCUT2D eigenvalue weighted by molar-refractivity contribution is 5.76. The number of phenols is 1. The number of aryl methyl sites for hydroxylation is 1. The summed E-state index contributed by atoms with van der Waals surface area (Å²) in [5.41, 5.74) is 11.6. The Bertz CT molecular complexity index is 1030. The predicted molar refractivity (Wildman–Crippen MR) is 121 cm³/mol. The summed E-state index contributed by atoms with van der Waals surface area (Å²) in [6, 6.07) is 6.34. The zero-order valence-corrected chi connectivity index (χ0v) is 18.6. The normalized spacial score (nSPS) is 27.3. The molecule has 0 bridgehead atoms. The van der Waals surface area contributed by atoms with Gasteiger partial charge < -0.3 is 19.7 Å². The molecule has 4 N–H and O–H groups in total. The molecule has 8 nitrogen and oxygen atoms in total. The third kappa shape index (κ3) is 3.78. The Morgan fingerprint density at radius 3 is 3.00 bits per heavy atom. The first-order valence-electron chi connectivity index (χ1n) is 11.5. The minimum Gasteiger partial charge on any atom is -0.508 e. The van der Waals surface area contributed by atoms with E-state index in [9.17, 15) is 9.90 Å². The number of nitrogens with one attached hydrogen (secondary N) is 3. The number of aromatic amines is 1. The molecule has 0 spiro atoms. The van der Waals surface area contributed by atoms with Gasteiger partial charge in [0.1, 0.15) is 11.6 Å². The number of imidazole rings is 1. The van der Waals surface area contributed by atoms with Crippen LogP contribution in [-0.4, -0.2) is 52.3 Å². The lowest BCUT2D eigenvalue weighted by atomic mass is 9.73. The summed E-state index contributed by atoms with van der Waals surface area (Å²) in [5, 5.41) is 9.85. The Morgan fingerprint density at radius 1 is 1.31 bits per heavy atom. The molecule has 8 heteroatoms.